The summed E-state index contributed by atoms with van der Waals surface area (Å²) < 4.78 is 7.27. The summed E-state index contributed by atoms with van der Waals surface area (Å²) in [5, 5.41) is 4.31. The maximum absolute atomic E-state index is 5.88. The van der Waals surface area contributed by atoms with Gasteiger partial charge in [-0.15, -0.1) is 0 Å². The molecule has 0 amide bonds. The summed E-state index contributed by atoms with van der Waals surface area (Å²) in [7, 11) is 0. The molecule has 0 aliphatic heterocycles. The van der Waals surface area contributed by atoms with E-state index in [-0.39, 0.29) is 0 Å². The van der Waals surface area contributed by atoms with Gasteiger partial charge in [0.05, 0.1) is 17.1 Å². The number of fused-ring (bicyclic) bond motifs is 1. The molecule has 3 aromatic rings. The van der Waals surface area contributed by atoms with Crippen molar-refractivity contribution in [1.82, 2.24) is 14.8 Å². The van der Waals surface area contributed by atoms with E-state index >= 15 is 0 Å². The van der Waals surface area contributed by atoms with Gasteiger partial charge >= 0.3 is 6.01 Å². The maximum Gasteiger partial charge on any atom is 0.324 e. The zero-order valence-corrected chi connectivity index (χ0v) is 9.64. The zero-order valence-electron chi connectivity index (χ0n) is 9.64. The Kier molecular flexibility index (Phi) is 1.95. The Morgan fingerprint density at radius 1 is 1.24 bits per heavy atom. The first-order valence-electron chi connectivity index (χ1n) is 5.34. The van der Waals surface area contributed by atoms with Crippen molar-refractivity contribution in [2.45, 2.75) is 13.8 Å². The van der Waals surface area contributed by atoms with Crippen molar-refractivity contribution in [2.75, 3.05) is 5.73 Å². The molecule has 86 valence electrons. The Balaban J connectivity index is 2.23. The minimum atomic E-state index is 0.448. The molecule has 0 radical (unpaired) electrons. The molecule has 0 saturated carbocycles. The molecule has 17 heavy (non-hydrogen) atoms. The van der Waals surface area contributed by atoms with E-state index in [4.69, 9.17) is 10.2 Å². The van der Waals surface area contributed by atoms with Crippen LogP contribution in [0.15, 0.2) is 28.7 Å². The van der Waals surface area contributed by atoms with Crippen molar-refractivity contribution in [3.05, 3.63) is 35.7 Å². The second-order valence-corrected chi connectivity index (χ2v) is 3.96. The third kappa shape index (κ3) is 1.39. The van der Waals surface area contributed by atoms with Gasteiger partial charge in [0.1, 0.15) is 5.52 Å². The number of aryl methyl sites for hydroxylation is 1. The number of benzene rings is 1. The highest BCUT2D eigenvalue weighted by Gasteiger charge is 2.14. The van der Waals surface area contributed by atoms with Crippen LogP contribution < -0.4 is 5.73 Å². The van der Waals surface area contributed by atoms with Gasteiger partial charge in [0.2, 0.25) is 0 Å². The largest absolute Gasteiger partial charge is 0.422 e. The molecule has 2 aromatic heterocycles. The van der Waals surface area contributed by atoms with Crippen molar-refractivity contribution in [3.63, 3.8) is 0 Å². The average molecular weight is 228 g/mol. The van der Waals surface area contributed by atoms with Crippen LogP contribution in [0.25, 0.3) is 17.1 Å². The zero-order chi connectivity index (χ0) is 12.0. The summed E-state index contributed by atoms with van der Waals surface area (Å²) in [4.78, 5) is 4.38. The van der Waals surface area contributed by atoms with Gasteiger partial charge < -0.3 is 10.2 Å². The lowest BCUT2D eigenvalue weighted by Crippen LogP contribution is -1.99. The van der Waals surface area contributed by atoms with Gasteiger partial charge in [-0.3, -0.25) is 0 Å². The van der Waals surface area contributed by atoms with Crippen molar-refractivity contribution in [2.24, 2.45) is 0 Å². The monoisotopic (exact) mass is 228 g/mol. The summed E-state index contributed by atoms with van der Waals surface area (Å²) in [6.07, 6.45) is 0. The molecule has 0 saturated heterocycles. The Labute approximate surface area is 97.9 Å². The van der Waals surface area contributed by atoms with E-state index in [0.29, 0.717) is 11.7 Å². The molecule has 0 spiro atoms. The highest BCUT2D eigenvalue weighted by Crippen LogP contribution is 2.22. The summed E-state index contributed by atoms with van der Waals surface area (Å²) >= 11 is 0. The van der Waals surface area contributed by atoms with Crippen molar-refractivity contribution >= 4 is 16.8 Å². The standard InChI is InChI=1S/C12H12N4O/c1-7-11(13)8(2)16(15-7)12-14-9-5-3-4-6-10(9)17-12/h3-6H,13H2,1-2H3. The van der Waals surface area contributed by atoms with Gasteiger partial charge in [-0.05, 0) is 26.0 Å². The molecule has 0 aliphatic rings. The lowest BCUT2D eigenvalue weighted by molar-refractivity contribution is 0.537. The molecular formula is C12H12N4O. The smallest absolute Gasteiger partial charge is 0.324 e. The molecule has 2 N–H and O–H groups in total. The molecule has 3 rings (SSSR count). The second kappa shape index (κ2) is 3.35. The minimum absolute atomic E-state index is 0.448. The van der Waals surface area contributed by atoms with Crippen LogP contribution in [0.5, 0.6) is 0 Å². The second-order valence-electron chi connectivity index (χ2n) is 3.96. The minimum Gasteiger partial charge on any atom is -0.422 e. The van der Waals surface area contributed by atoms with E-state index in [9.17, 15) is 0 Å². The lowest BCUT2D eigenvalue weighted by atomic mass is 10.3. The van der Waals surface area contributed by atoms with E-state index < -0.39 is 0 Å². The quantitative estimate of drug-likeness (QED) is 0.693. The van der Waals surface area contributed by atoms with E-state index in [0.717, 1.165) is 22.5 Å². The van der Waals surface area contributed by atoms with Crippen molar-refractivity contribution < 1.29 is 4.42 Å². The first-order chi connectivity index (χ1) is 8.16. The first-order valence-corrected chi connectivity index (χ1v) is 5.34. The summed E-state index contributed by atoms with van der Waals surface area (Å²) in [6.45, 7) is 3.76. The Morgan fingerprint density at radius 2 is 2.00 bits per heavy atom. The van der Waals surface area contributed by atoms with Crippen LogP contribution in [0.3, 0.4) is 0 Å². The van der Waals surface area contributed by atoms with Gasteiger partial charge in [-0.1, -0.05) is 12.1 Å². The molecule has 0 unspecified atom stereocenters. The molecule has 5 heteroatoms. The molecule has 1 aromatic carbocycles. The van der Waals surface area contributed by atoms with E-state index in [1.165, 1.54) is 0 Å². The molecule has 0 fully saturated rings. The highest BCUT2D eigenvalue weighted by molar-refractivity contribution is 5.73. The summed E-state index contributed by atoms with van der Waals surface area (Å²) in [5.74, 6) is 0. The predicted octanol–water partition coefficient (Wildman–Crippen LogP) is 2.21. The van der Waals surface area contributed by atoms with Crippen LogP contribution in [0, 0.1) is 13.8 Å². The summed E-state index contributed by atoms with van der Waals surface area (Å²) in [6, 6.07) is 8.05. The van der Waals surface area contributed by atoms with Gasteiger partial charge in [0.25, 0.3) is 0 Å². The Hall–Kier alpha value is -2.30. The number of nitrogens with two attached hydrogens (primary N) is 1. The normalized spacial score (nSPS) is 11.2. The Bertz CT molecular complexity index is 663. The molecule has 2 heterocycles. The third-order valence-corrected chi connectivity index (χ3v) is 2.81. The maximum atomic E-state index is 5.88. The number of hydrogen-bond donors (Lipinski definition) is 1. The van der Waals surface area contributed by atoms with Crippen molar-refractivity contribution in [3.8, 4) is 6.01 Å². The van der Waals surface area contributed by atoms with E-state index in [2.05, 4.69) is 10.1 Å². The number of rotatable bonds is 1. The number of para-hydroxylation sites is 2. The van der Waals surface area contributed by atoms with Gasteiger partial charge in [-0.25, -0.2) is 0 Å². The van der Waals surface area contributed by atoms with Crippen LogP contribution in [0.4, 0.5) is 5.69 Å². The molecule has 0 bridgehead atoms. The van der Waals surface area contributed by atoms with Gasteiger partial charge in [0.15, 0.2) is 5.58 Å². The Morgan fingerprint density at radius 3 is 2.65 bits per heavy atom. The van der Waals surface area contributed by atoms with E-state index in [1.807, 2.05) is 38.1 Å². The third-order valence-electron chi connectivity index (χ3n) is 2.81. The predicted molar refractivity (Wildman–Crippen MR) is 65.0 cm³/mol. The lowest BCUT2D eigenvalue weighted by Gasteiger charge is -1.96. The van der Waals surface area contributed by atoms with Crippen molar-refractivity contribution in [1.29, 1.82) is 0 Å². The van der Waals surface area contributed by atoms with Crippen LogP contribution >= 0.6 is 0 Å². The van der Waals surface area contributed by atoms with E-state index in [1.54, 1.807) is 4.68 Å². The average Bonchev–Trinajstić information content (AvgIpc) is 2.86. The number of hydrogen-bond acceptors (Lipinski definition) is 4. The van der Waals surface area contributed by atoms with Crippen LogP contribution in [-0.4, -0.2) is 14.8 Å². The molecule has 0 atom stereocenters. The first kappa shape index (κ1) is 9.89. The number of anilines is 1. The highest BCUT2D eigenvalue weighted by atomic mass is 16.4. The fourth-order valence-corrected chi connectivity index (χ4v) is 1.79. The number of aromatic nitrogens is 3. The molecule has 5 nitrogen and oxygen atoms in total. The van der Waals surface area contributed by atoms with Crippen LogP contribution in [-0.2, 0) is 0 Å². The van der Waals surface area contributed by atoms with Gasteiger partial charge in [-0.2, -0.15) is 14.8 Å². The fraction of sp³-hybridized carbons (Fsp3) is 0.167. The molecule has 0 aliphatic carbocycles. The number of nitrogens with zero attached hydrogens (tertiary/aromatic N) is 3. The van der Waals surface area contributed by atoms with Crippen LogP contribution in [0.1, 0.15) is 11.4 Å². The number of oxazole rings is 1. The topological polar surface area (TPSA) is 69.9 Å². The molecular weight excluding hydrogens is 216 g/mol. The van der Waals surface area contributed by atoms with Gasteiger partial charge in [0, 0.05) is 0 Å². The van der Waals surface area contributed by atoms with Crippen LogP contribution in [0.2, 0.25) is 0 Å². The number of nitrogen functional groups attached to an aromatic ring is 1. The summed E-state index contributed by atoms with van der Waals surface area (Å²) in [5.41, 5.74) is 9.74. The fourth-order valence-electron chi connectivity index (χ4n) is 1.79. The SMILES string of the molecule is Cc1nn(-c2nc3ccccc3o2)c(C)c1N.